The van der Waals surface area contributed by atoms with Gasteiger partial charge < -0.3 is 0 Å². The average molecular weight is 157 g/mol. The second kappa shape index (κ2) is 27.6. The molecule has 0 N–H and O–H groups in total. The molecule has 0 rings (SSSR count). The van der Waals surface area contributed by atoms with E-state index in [1.165, 1.54) is 0 Å². The van der Waals surface area contributed by atoms with E-state index < -0.39 is 0 Å². The first-order chi connectivity index (χ1) is 0. The number of hydrogen-bond acceptors (Lipinski definition) is 0. The van der Waals surface area contributed by atoms with Crippen LogP contribution in [-0.2, 0) is 33.9 Å². The average Bonchev–Trinajstić information content (AvgIpc) is 0. The smallest absolute Gasteiger partial charge is 0.0149 e. The predicted octanol–water partition coefficient (Wildman–Crippen LogP) is -2.64. The molecule has 0 aromatic heterocycles. The van der Waals surface area contributed by atoms with Crippen molar-refractivity contribution < 1.29 is 33.9 Å². The molecule has 0 fully saturated rings. The Balaban J connectivity index is 0. The van der Waals surface area contributed by atoms with Crippen molar-refractivity contribution in [2.75, 3.05) is 0 Å². The summed E-state index contributed by atoms with van der Waals surface area (Å²) in [7, 11) is 0. The van der Waals surface area contributed by atoms with Gasteiger partial charge in [-0.3, -0.25) is 0 Å². The molecule has 4 heteroatoms. The van der Waals surface area contributed by atoms with Crippen molar-refractivity contribution in [3.63, 3.8) is 0 Å². The maximum absolute atomic E-state index is 0. The van der Waals surface area contributed by atoms with Crippen molar-refractivity contribution in [2.45, 2.75) is 0 Å². The molecule has 0 saturated carbocycles. The molecule has 0 aromatic rings. The topological polar surface area (TPSA) is 0 Å². The summed E-state index contributed by atoms with van der Waals surface area (Å²) in [5.74, 6) is 0. The molecule has 0 radical (unpaired) electrons. The van der Waals surface area contributed by atoms with E-state index >= 15 is 0 Å². The van der Waals surface area contributed by atoms with Crippen LogP contribution in [0.4, 0.5) is 0 Å². The van der Waals surface area contributed by atoms with Crippen molar-refractivity contribution in [3.8, 4) is 0 Å². The van der Waals surface area contributed by atoms with E-state index in [1.54, 1.807) is 0 Å². The first-order valence-electron chi connectivity index (χ1n) is 0. The Kier molecular flexibility index (Phi) is 397. The van der Waals surface area contributed by atoms with Gasteiger partial charge >= 0.3 is 0 Å². The van der Waals surface area contributed by atoms with E-state index in [-0.39, 0.29) is 53.2 Å². The van der Waals surface area contributed by atoms with Gasteiger partial charge in [0.05, 0.1) is 8.41 Å². The maximum Gasteiger partial charge on any atom is 0.0814 e. The van der Waals surface area contributed by atoms with E-state index in [0.29, 0.717) is 0 Å². The zero-order valence-electron chi connectivity index (χ0n) is 0.724. The van der Waals surface area contributed by atoms with Crippen molar-refractivity contribution in [1.29, 1.82) is 0 Å². The van der Waals surface area contributed by atoms with Gasteiger partial charge in [-0.05, 0) is 11.0 Å². The van der Waals surface area contributed by atoms with E-state index in [2.05, 4.69) is 0 Å². The Hall–Kier alpha value is 1.31. The molecule has 0 unspecified atom stereocenters. The van der Waals surface area contributed by atoms with Gasteiger partial charge in [0, 0.05) is 33.9 Å². The predicted molar refractivity (Wildman–Crippen MR) is 21.3 cm³/mol. The Morgan fingerprint density at radius 1 is 1.00 bits per heavy atom. The summed E-state index contributed by atoms with van der Waals surface area (Å²) in [5, 5.41) is 0. The van der Waals surface area contributed by atoms with Crippen LogP contribution in [-0.4, -0.2) is 19.4 Å². The van der Waals surface area contributed by atoms with E-state index in [0.717, 1.165) is 0 Å². The van der Waals surface area contributed by atoms with Crippen molar-refractivity contribution in [1.82, 2.24) is 0 Å². The van der Waals surface area contributed by atoms with Crippen LogP contribution in [0.1, 0.15) is 0 Å². The van der Waals surface area contributed by atoms with E-state index in [4.69, 9.17) is 0 Å². The van der Waals surface area contributed by atoms with Gasteiger partial charge in [-0.2, -0.15) is 0 Å². The third-order valence-electron chi connectivity index (χ3n) is 0. The maximum atomic E-state index is 0. The largest absolute Gasteiger partial charge is 0.0814 e. The SMILES string of the molecule is B.[Cr].[Ni].[SiH4]. The Morgan fingerprint density at radius 3 is 1.00 bits per heavy atom. The van der Waals surface area contributed by atoms with Gasteiger partial charge in [0.15, 0.2) is 0 Å². The summed E-state index contributed by atoms with van der Waals surface area (Å²) in [4.78, 5) is 0. The second-order valence-corrected chi connectivity index (χ2v) is 0. The Morgan fingerprint density at radius 2 is 1.00 bits per heavy atom. The molecule has 0 bridgehead atoms. The molecular formula is H7BCrNiSi. The summed E-state index contributed by atoms with van der Waals surface area (Å²) in [5.41, 5.74) is 0. The molecule has 0 saturated heterocycles. The van der Waals surface area contributed by atoms with Crippen LogP contribution in [0.3, 0.4) is 0 Å². The molecule has 0 aliphatic heterocycles. The molecule has 0 spiro atoms. The quantitative estimate of drug-likeness (QED) is 0.337. The zero-order chi connectivity index (χ0) is 0. The van der Waals surface area contributed by atoms with Crippen LogP contribution in [0.5, 0.6) is 0 Å². The molecule has 0 nitrogen and oxygen atoms in total. The third-order valence-corrected chi connectivity index (χ3v) is 0. The van der Waals surface area contributed by atoms with Gasteiger partial charge in [-0.15, -0.1) is 0 Å². The summed E-state index contributed by atoms with van der Waals surface area (Å²) in [6.45, 7) is 0. The minimum atomic E-state index is 0. The Labute approximate surface area is 53.4 Å². The summed E-state index contributed by atoms with van der Waals surface area (Å²) in [6.07, 6.45) is 0. The van der Waals surface area contributed by atoms with Gasteiger partial charge in [0.2, 0.25) is 0 Å². The van der Waals surface area contributed by atoms with Crippen LogP contribution in [0, 0.1) is 0 Å². The minimum absolute atomic E-state index is 0. The first-order valence-corrected chi connectivity index (χ1v) is 0. The molecular weight excluding hydrogens is 150 g/mol. The number of rotatable bonds is 0. The Bertz CT molecular complexity index is 8.00. The molecule has 0 amide bonds. The molecule has 0 aromatic carbocycles. The minimum Gasteiger partial charge on any atom is -0.0149 e. The molecule has 0 aliphatic rings. The van der Waals surface area contributed by atoms with Gasteiger partial charge in [-0.1, -0.05) is 0 Å². The fraction of sp³-hybridized carbons (Fsp3) is 0. The fourth-order valence-electron chi connectivity index (χ4n) is 0. The summed E-state index contributed by atoms with van der Waals surface area (Å²) < 4.78 is 0. The standard InChI is InChI=1S/BH3.Cr.Ni.H4Si/h1H3;;;1H4. The second-order valence-electron chi connectivity index (χ2n) is 0. The first kappa shape index (κ1) is 57.6. The van der Waals surface area contributed by atoms with Gasteiger partial charge in [0.1, 0.15) is 0 Å². The van der Waals surface area contributed by atoms with Crippen molar-refractivity contribution >= 4 is 19.4 Å². The molecule has 30 valence electrons. The van der Waals surface area contributed by atoms with Crippen LogP contribution in [0.15, 0.2) is 0 Å². The molecule has 0 heterocycles. The van der Waals surface area contributed by atoms with Crippen LogP contribution < -0.4 is 0 Å². The van der Waals surface area contributed by atoms with Gasteiger partial charge in [0.25, 0.3) is 0 Å². The summed E-state index contributed by atoms with van der Waals surface area (Å²) in [6, 6.07) is 0. The van der Waals surface area contributed by atoms with Crippen LogP contribution in [0.2, 0.25) is 0 Å². The molecule has 0 aliphatic carbocycles. The zero-order valence-corrected chi connectivity index (χ0v) is 2.99. The third kappa shape index (κ3) is 10.3. The van der Waals surface area contributed by atoms with E-state index in [9.17, 15) is 0 Å². The van der Waals surface area contributed by atoms with Crippen LogP contribution >= 0.6 is 0 Å². The normalized spacial score (nSPS) is 0. The summed E-state index contributed by atoms with van der Waals surface area (Å²) >= 11 is 0. The van der Waals surface area contributed by atoms with Crippen molar-refractivity contribution in [3.05, 3.63) is 0 Å². The molecule has 0 atom stereocenters. The van der Waals surface area contributed by atoms with Gasteiger partial charge in [-0.25, -0.2) is 0 Å². The monoisotopic (exact) mass is 156 g/mol. The van der Waals surface area contributed by atoms with Crippen LogP contribution in [0.25, 0.3) is 0 Å². The van der Waals surface area contributed by atoms with E-state index in [1.807, 2.05) is 0 Å². The van der Waals surface area contributed by atoms with Crippen molar-refractivity contribution in [2.24, 2.45) is 0 Å². The number of hydrogen-bond donors (Lipinski definition) is 0. The molecule has 4 heavy (non-hydrogen) atoms. The fourth-order valence-corrected chi connectivity index (χ4v) is 0.